The van der Waals surface area contributed by atoms with Crippen LogP contribution in [0.5, 0.6) is 0 Å². The molecule has 2 atom stereocenters. The molecule has 1 aromatic rings. The number of fused-ring (bicyclic) bond motifs is 2. The maximum atomic E-state index is 15.6. The van der Waals surface area contributed by atoms with Gasteiger partial charge in [0.05, 0.1) is 6.61 Å². The molecule has 1 fully saturated rings. The molecule has 3 aliphatic rings. The van der Waals surface area contributed by atoms with Crippen LogP contribution in [0.1, 0.15) is 51.6 Å². The Hall–Kier alpha value is -2.11. The van der Waals surface area contributed by atoms with Gasteiger partial charge in [0.15, 0.2) is 11.4 Å². The van der Waals surface area contributed by atoms with Crippen LogP contribution < -0.4 is 0 Å². The molecule has 0 amide bonds. The standard InChI is InChI=1S/C21H27BFN2O2/c1-8-27-20(26)21(14(5)15(21)6)19-13(4)18-10-17-11(2)9-12(3)24(17)22(23)25(18)16(19)7/h9-10,14-15H,8H2,1-7H3/q+1. The number of allylic oxidation sites excluding steroid dienone is 1. The lowest BCUT2D eigenvalue weighted by Gasteiger charge is -2.17. The molecule has 2 unspecified atom stereocenters. The van der Waals surface area contributed by atoms with E-state index in [1.54, 1.807) is 8.96 Å². The highest BCUT2D eigenvalue weighted by atomic mass is 19.1. The summed E-state index contributed by atoms with van der Waals surface area (Å²) in [5, 5.41) is 0. The van der Waals surface area contributed by atoms with Crippen molar-refractivity contribution >= 4 is 25.0 Å². The van der Waals surface area contributed by atoms with Gasteiger partial charge in [0, 0.05) is 35.5 Å². The van der Waals surface area contributed by atoms with E-state index >= 15 is 4.32 Å². The Labute approximate surface area is 160 Å². The Bertz CT molecular complexity index is 961. The fourth-order valence-electron chi connectivity index (χ4n) is 5.45. The first-order chi connectivity index (χ1) is 12.7. The molecule has 0 radical (unpaired) electrons. The van der Waals surface area contributed by atoms with E-state index in [0.29, 0.717) is 6.61 Å². The predicted octanol–water partition coefficient (Wildman–Crippen LogP) is 3.90. The second-order valence-corrected chi connectivity index (χ2v) is 8.19. The van der Waals surface area contributed by atoms with Gasteiger partial charge in [0.25, 0.3) is 0 Å². The van der Waals surface area contributed by atoms with E-state index in [-0.39, 0.29) is 17.8 Å². The quantitative estimate of drug-likeness (QED) is 0.598. The van der Waals surface area contributed by atoms with E-state index in [1.807, 2.05) is 40.7 Å². The normalized spacial score (nSPS) is 29.0. The lowest BCUT2D eigenvalue weighted by Crippen LogP contribution is -2.40. The Morgan fingerprint density at radius 3 is 2.48 bits per heavy atom. The van der Waals surface area contributed by atoms with Crippen LogP contribution in [0.2, 0.25) is 0 Å². The number of rotatable bonds is 3. The van der Waals surface area contributed by atoms with E-state index in [1.165, 1.54) is 0 Å². The second-order valence-electron chi connectivity index (χ2n) is 8.19. The number of carbonyl (C=O) groups is 1. The molecule has 142 valence electrons. The molecular formula is C21H27BFN2O2+. The molecule has 0 spiro atoms. The highest BCUT2D eigenvalue weighted by Gasteiger charge is 2.71. The number of nitrogens with zero attached hydrogens (tertiary/aromatic N) is 2. The second kappa shape index (κ2) is 5.70. The van der Waals surface area contributed by atoms with Crippen molar-refractivity contribution in [2.75, 3.05) is 6.61 Å². The molecule has 3 heterocycles. The summed E-state index contributed by atoms with van der Waals surface area (Å²) in [6, 6.07) is 2.02. The molecule has 0 N–H and O–H groups in total. The van der Waals surface area contributed by atoms with Crippen molar-refractivity contribution in [1.29, 1.82) is 0 Å². The van der Waals surface area contributed by atoms with Gasteiger partial charge in [0.1, 0.15) is 5.41 Å². The van der Waals surface area contributed by atoms with E-state index in [4.69, 9.17) is 4.74 Å². The molecule has 1 aromatic heterocycles. The van der Waals surface area contributed by atoms with Crippen molar-refractivity contribution in [3.05, 3.63) is 39.9 Å². The Morgan fingerprint density at radius 2 is 1.93 bits per heavy atom. The van der Waals surface area contributed by atoms with E-state index in [2.05, 4.69) is 19.9 Å². The van der Waals surface area contributed by atoms with Crippen LogP contribution in [0.3, 0.4) is 0 Å². The summed E-state index contributed by atoms with van der Waals surface area (Å²) < 4.78 is 24.6. The van der Waals surface area contributed by atoms with Crippen LogP contribution in [-0.2, 0) is 9.53 Å². The largest absolute Gasteiger partial charge is 0.846 e. The Kier molecular flexibility index (Phi) is 3.85. The summed E-state index contributed by atoms with van der Waals surface area (Å²) in [7, 11) is -1.30. The average molecular weight is 369 g/mol. The number of hydrogen-bond donors (Lipinski definition) is 0. The molecule has 1 saturated carbocycles. The fraction of sp³-hybridized carbons (Fsp3) is 0.524. The van der Waals surface area contributed by atoms with Gasteiger partial charge in [-0.25, -0.2) is 8.80 Å². The van der Waals surface area contributed by atoms with Crippen LogP contribution in [0.4, 0.5) is 4.32 Å². The maximum absolute atomic E-state index is 15.6. The topological polar surface area (TPSA) is 34.2 Å². The van der Waals surface area contributed by atoms with Crippen LogP contribution in [-0.4, -0.2) is 34.5 Å². The Balaban J connectivity index is 1.93. The van der Waals surface area contributed by atoms with Gasteiger partial charge >= 0.3 is 13.2 Å². The van der Waals surface area contributed by atoms with Crippen molar-refractivity contribution < 1.29 is 18.3 Å². The minimum absolute atomic E-state index is 0.179. The first kappa shape index (κ1) is 18.3. The zero-order valence-corrected chi connectivity index (χ0v) is 17.2. The molecule has 0 aromatic carbocycles. The highest BCUT2D eigenvalue weighted by molar-refractivity contribution is 6.43. The summed E-state index contributed by atoms with van der Waals surface area (Å²) in [5.74, 6) is 0.180. The van der Waals surface area contributed by atoms with Crippen LogP contribution in [0.25, 0.3) is 6.08 Å². The van der Waals surface area contributed by atoms with Crippen molar-refractivity contribution in [1.82, 2.24) is 4.48 Å². The number of halogens is 1. The van der Waals surface area contributed by atoms with Gasteiger partial charge in [-0.15, -0.1) is 0 Å². The van der Waals surface area contributed by atoms with Crippen molar-refractivity contribution in [2.45, 2.75) is 48.5 Å². The number of carbonyl (C=O) groups excluding carboxylic acids is 1. The SMILES string of the molecule is CCOC(=O)C1(C2=C(C)C3=Cc4c(C)cc(C)n4B(F)[N+]3=C2C)C(C)C1C. The van der Waals surface area contributed by atoms with Gasteiger partial charge in [-0.1, -0.05) is 13.8 Å². The summed E-state index contributed by atoms with van der Waals surface area (Å²) in [5.41, 5.74) is 5.83. The zero-order chi connectivity index (χ0) is 19.8. The summed E-state index contributed by atoms with van der Waals surface area (Å²) >= 11 is 0. The highest BCUT2D eigenvalue weighted by Crippen LogP contribution is 2.65. The predicted molar refractivity (Wildman–Crippen MR) is 105 cm³/mol. The molecule has 0 saturated heterocycles. The molecule has 2 aliphatic heterocycles. The summed E-state index contributed by atoms with van der Waals surface area (Å²) in [6.45, 7) is 14.2. The zero-order valence-electron chi connectivity index (χ0n) is 17.2. The monoisotopic (exact) mass is 369 g/mol. The van der Waals surface area contributed by atoms with Gasteiger partial charge in [0.2, 0.25) is 0 Å². The Morgan fingerprint density at radius 1 is 1.30 bits per heavy atom. The van der Waals surface area contributed by atoms with Crippen LogP contribution >= 0.6 is 0 Å². The number of hydrogen-bond acceptors (Lipinski definition) is 2. The first-order valence-electron chi connectivity index (χ1n) is 9.75. The molecule has 1 aliphatic carbocycles. The maximum Gasteiger partial charge on any atom is 0.846 e. The van der Waals surface area contributed by atoms with Crippen LogP contribution in [0, 0.1) is 31.1 Å². The van der Waals surface area contributed by atoms with E-state index in [0.717, 1.165) is 39.5 Å². The van der Waals surface area contributed by atoms with Crippen molar-refractivity contribution in [3.63, 3.8) is 0 Å². The smallest absolute Gasteiger partial charge is 0.465 e. The van der Waals surface area contributed by atoms with E-state index in [9.17, 15) is 4.79 Å². The molecule has 0 bridgehead atoms. The number of esters is 1. The third kappa shape index (κ3) is 2.04. The summed E-state index contributed by atoms with van der Waals surface area (Å²) in [4.78, 5) is 13.0. The third-order valence-electron chi connectivity index (χ3n) is 7.01. The van der Waals surface area contributed by atoms with Crippen LogP contribution in [0.15, 0.2) is 22.9 Å². The minimum Gasteiger partial charge on any atom is -0.465 e. The van der Waals surface area contributed by atoms with Gasteiger partial charge in [-0.05, 0) is 51.2 Å². The average Bonchev–Trinajstić information content (AvgIpc) is 2.87. The molecule has 4 nitrogen and oxygen atoms in total. The molecule has 4 rings (SSSR count). The van der Waals surface area contributed by atoms with Gasteiger partial charge in [-0.3, -0.25) is 9.27 Å². The molecule has 27 heavy (non-hydrogen) atoms. The number of ether oxygens (including phenoxy) is 1. The van der Waals surface area contributed by atoms with Gasteiger partial charge < -0.3 is 4.74 Å². The molecule has 6 heteroatoms. The first-order valence-corrected chi connectivity index (χ1v) is 9.75. The lowest BCUT2D eigenvalue weighted by atomic mass is 9.86. The van der Waals surface area contributed by atoms with E-state index < -0.39 is 12.7 Å². The van der Waals surface area contributed by atoms with Crippen molar-refractivity contribution in [3.8, 4) is 0 Å². The van der Waals surface area contributed by atoms with Crippen molar-refractivity contribution in [2.24, 2.45) is 17.3 Å². The van der Waals surface area contributed by atoms with Gasteiger partial charge in [-0.2, -0.15) is 0 Å². The summed E-state index contributed by atoms with van der Waals surface area (Å²) in [6.07, 6.45) is 2.06. The minimum atomic E-state index is -1.30. The molecular weight excluding hydrogens is 342 g/mol. The number of aryl methyl sites for hydroxylation is 2. The lowest BCUT2D eigenvalue weighted by molar-refractivity contribution is -0.336. The third-order valence-corrected chi connectivity index (χ3v) is 7.01. The fourth-order valence-corrected chi connectivity index (χ4v) is 5.45. The number of aromatic nitrogens is 1.